The largest absolute Gasteiger partial charge is 0.506 e. The van der Waals surface area contributed by atoms with Crippen LogP contribution in [0.2, 0.25) is 5.02 Å². The summed E-state index contributed by atoms with van der Waals surface area (Å²) in [5, 5.41) is 22.5. The van der Waals surface area contributed by atoms with Gasteiger partial charge >= 0.3 is 0 Å². The summed E-state index contributed by atoms with van der Waals surface area (Å²) >= 11 is 5.77. The molecule has 0 fully saturated rings. The number of aromatic hydroxyl groups is 1. The smallest absolute Gasteiger partial charge is 0.141 e. The molecule has 3 rings (SSSR count). The quantitative estimate of drug-likeness (QED) is 0.489. The first-order chi connectivity index (χ1) is 11.0. The molecule has 1 aromatic heterocycles. The summed E-state index contributed by atoms with van der Waals surface area (Å²) < 4.78 is 13.3. The van der Waals surface area contributed by atoms with Crippen LogP contribution in [0.5, 0.6) is 5.75 Å². The molecule has 0 saturated heterocycles. The van der Waals surface area contributed by atoms with Gasteiger partial charge in [-0.1, -0.05) is 11.6 Å². The highest BCUT2D eigenvalue weighted by molar-refractivity contribution is 6.31. The van der Waals surface area contributed by atoms with Crippen molar-refractivity contribution in [2.24, 2.45) is 0 Å². The molecule has 0 radical (unpaired) electrons. The molecule has 1 heterocycles. The van der Waals surface area contributed by atoms with Crippen molar-refractivity contribution in [3.05, 3.63) is 52.9 Å². The van der Waals surface area contributed by atoms with Crippen molar-refractivity contribution < 1.29 is 9.50 Å². The summed E-state index contributed by atoms with van der Waals surface area (Å²) in [5.74, 6) is -0.628. The highest BCUT2D eigenvalue weighted by atomic mass is 35.5. The van der Waals surface area contributed by atoms with Crippen molar-refractivity contribution in [3.63, 3.8) is 0 Å². The maximum absolute atomic E-state index is 13.3. The van der Waals surface area contributed by atoms with Gasteiger partial charge in [0, 0.05) is 23.3 Å². The Morgan fingerprint density at radius 2 is 2.09 bits per heavy atom. The van der Waals surface area contributed by atoms with Crippen LogP contribution in [0, 0.1) is 17.1 Å². The second-order valence-electron chi connectivity index (χ2n) is 4.84. The summed E-state index contributed by atoms with van der Waals surface area (Å²) in [5.41, 5.74) is 7.59. The lowest BCUT2D eigenvalue weighted by Crippen LogP contribution is -1.98. The molecule has 2 aromatic carbocycles. The zero-order valence-electron chi connectivity index (χ0n) is 11.6. The topological polar surface area (TPSA) is 95.0 Å². The second-order valence-corrected chi connectivity index (χ2v) is 5.25. The number of hydrogen-bond acceptors (Lipinski definition) is 5. The number of nitrogens with two attached hydrogens (primary N) is 1. The van der Waals surface area contributed by atoms with E-state index in [1.54, 1.807) is 0 Å². The number of rotatable bonds is 2. The third kappa shape index (κ3) is 2.70. The molecule has 0 atom stereocenters. The van der Waals surface area contributed by atoms with Crippen molar-refractivity contribution in [1.82, 2.24) is 4.98 Å². The number of nitriles is 1. The molecule has 114 valence electrons. The van der Waals surface area contributed by atoms with Crippen molar-refractivity contribution in [3.8, 4) is 11.8 Å². The number of benzene rings is 2. The SMILES string of the molecule is N#Cc1cnc2cc(O)c(N)cc2c1Nc1ccc(F)c(Cl)c1. The Labute approximate surface area is 135 Å². The number of halogens is 2. The number of fused-ring (bicyclic) bond motifs is 1. The second kappa shape index (κ2) is 5.63. The van der Waals surface area contributed by atoms with Crippen LogP contribution >= 0.6 is 11.6 Å². The first-order valence-corrected chi connectivity index (χ1v) is 6.91. The first kappa shape index (κ1) is 14.9. The van der Waals surface area contributed by atoms with E-state index >= 15 is 0 Å². The van der Waals surface area contributed by atoms with Gasteiger partial charge in [0.25, 0.3) is 0 Å². The fourth-order valence-electron chi connectivity index (χ4n) is 2.18. The molecule has 23 heavy (non-hydrogen) atoms. The maximum atomic E-state index is 13.3. The molecular weight excluding hydrogens is 319 g/mol. The lowest BCUT2D eigenvalue weighted by Gasteiger charge is -2.13. The van der Waals surface area contributed by atoms with E-state index in [0.29, 0.717) is 22.3 Å². The van der Waals surface area contributed by atoms with Gasteiger partial charge in [0.05, 0.1) is 27.5 Å². The fraction of sp³-hybridized carbons (Fsp3) is 0. The summed E-state index contributed by atoms with van der Waals surface area (Å²) in [7, 11) is 0. The number of phenolic OH excluding ortho intramolecular Hbond substituents is 1. The number of nitrogen functional groups attached to an aromatic ring is 1. The molecule has 0 aliphatic carbocycles. The molecule has 4 N–H and O–H groups in total. The van der Waals surface area contributed by atoms with Gasteiger partial charge in [-0.25, -0.2) is 4.39 Å². The Hall–Kier alpha value is -3.04. The standard InChI is InChI=1S/C16H10ClFN4O/c17-11-3-9(1-2-12(11)18)22-16-8(6-19)7-21-14-5-15(23)13(20)4-10(14)16/h1-5,7,23H,20H2,(H,21,22). The zero-order chi connectivity index (χ0) is 16.6. The first-order valence-electron chi connectivity index (χ1n) is 6.53. The summed E-state index contributed by atoms with van der Waals surface area (Å²) in [4.78, 5) is 4.12. The van der Waals surface area contributed by atoms with Crippen molar-refractivity contribution in [2.45, 2.75) is 0 Å². The van der Waals surface area contributed by atoms with Crippen LogP contribution in [0.1, 0.15) is 5.56 Å². The minimum Gasteiger partial charge on any atom is -0.506 e. The summed E-state index contributed by atoms with van der Waals surface area (Å²) in [6, 6.07) is 9.10. The number of nitrogens with one attached hydrogen (secondary N) is 1. The van der Waals surface area contributed by atoms with E-state index in [-0.39, 0.29) is 22.0 Å². The average Bonchev–Trinajstić information content (AvgIpc) is 2.53. The van der Waals surface area contributed by atoms with Crippen LogP contribution in [-0.4, -0.2) is 10.1 Å². The zero-order valence-corrected chi connectivity index (χ0v) is 12.4. The molecule has 0 unspecified atom stereocenters. The van der Waals surface area contributed by atoms with Crippen LogP contribution in [0.25, 0.3) is 10.9 Å². The van der Waals surface area contributed by atoms with Crippen molar-refractivity contribution in [1.29, 1.82) is 5.26 Å². The number of pyridine rings is 1. The maximum Gasteiger partial charge on any atom is 0.141 e. The van der Waals surface area contributed by atoms with Gasteiger partial charge in [-0.05, 0) is 24.3 Å². The molecular formula is C16H10ClFN4O. The third-order valence-corrected chi connectivity index (χ3v) is 3.62. The monoisotopic (exact) mass is 328 g/mol. The molecule has 0 amide bonds. The molecule has 0 spiro atoms. The lowest BCUT2D eigenvalue weighted by molar-refractivity contribution is 0.478. The van der Waals surface area contributed by atoms with Crippen LogP contribution < -0.4 is 11.1 Å². The summed E-state index contributed by atoms with van der Waals surface area (Å²) in [6.45, 7) is 0. The number of hydrogen-bond donors (Lipinski definition) is 3. The van der Waals surface area contributed by atoms with Crippen LogP contribution in [0.3, 0.4) is 0 Å². The van der Waals surface area contributed by atoms with Gasteiger partial charge in [0.1, 0.15) is 17.6 Å². The Morgan fingerprint density at radius 3 is 2.78 bits per heavy atom. The fourth-order valence-corrected chi connectivity index (χ4v) is 2.36. The highest BCUT2D eigenvalue weighted by Gasteiger charge is 2.12. The normalized spacial score (nSPS) is 10.5. The van der Waals surface area contributed by atoms with Crippen molar-refractivity contribution in [2.75, 3.05) is 11.1 Å². The lowest BCUT2D eigenvalue weighted by atomic mass is 10.1. The minimum absolute atomic E-state index is 0.0379. The number of nitrogens with zero attached hydrogens (tertiary/aromatic N) is 2. The van der Waals surface area contributed by atoms with Crippen LogP contribution in [0.15, 0.2) is 36.5 Å². The van der Waals surface area contributed by atoms with Crippen LogP contribution in [0.4, 0.5) is 21.5 Å². The van der Waals surface area contributed by atoms with Gasteiger partial charge in [0.2, 0.25) is 0 Å². The molecule has 5 nitrogen and oxygen atoms in total. The molecule has 0 aliphatic heterocycles. The molecule has 0 saturated carbocycles. The van der Waals surface area contributed by atoms with Gasteiger partial charge in [-0.3, -0.25) is 4.98 Å². The van der Waals surface area contributed by atoms with E-state index < -0.39 is 5.82 Å². The van der Waals surface area contributed by atoms with Gasteiger partial charge in [-0.15, -0.1) is 0 Å². The third-order valence-electron chi connectivity index (χ3n) is 3.33. The molecule has 0 aliphatic rings. The van der Waals surface area contributed by atoms with Crippen LogP contribution in [-0.2, 0) is 0 Å². The van der Waals surface area contributed by atoms with E-state index in [1.807, 2.05) is 6.07 Å². The predicted molar refractivity (Wildman–Crippen MR) is 87.2 cm³/mol. The van der Waals surface area contributed by atoms with Gasteiger partial charge in [-0.2, -0.15) is 5.26 Å². The number of phenols is 1. The average molecular weight is 329 g/mol. The minimum atomic E-state index is -0.536. The predicted octanol–water partition coefficient (Wildman–Crippen LogP) is 3.93. The Balaban J connectivity index is 2.19. The highest BCUT2D eigenvalue weighted by Crippen LogP contribution is 2.34. The number of anilines is 3. The molecule has 0 bridgehead atoms. The van der Waals surface area contributed by atoms with E-state index in [9.17, 15) is 14.8 Å². The van der Waals surface area contributed by atoms with E-state index in [1.165, 1.54) is 36.5 Å². The molecule has 7 heteroatoms. The number of aromatic nitrogens is 1. The Morgan fingerprint density at radius 1 is 1.30 bits per heavy atom. The van der Waals surface area contributed by atoms with Gasteiger partial charge < -0.3 is 16.2 Å². The summed E-state index contributed by atoms with van der Waals surface area (Å²) in [6.07, 6.45) is 1.38. The van der Waals surface area contributed by atoms with Gasteiger partial charge in [0.15, 0.2) is 0 Å². The Bertz CT molecular complexity index is 968. The molecule has 3 aromatic rings. The van der Waals surface area contributed by atoms with E-state index in [4.69, 9.17) is 17.3 Å². The van der Waals surface area contributed by atoms with E-state index in [0.717, 1.165) is 0 Å². The Kier molecular flexibility index (Phi) is 3.64. The van der Waals surface area contributed by atoms with E-state index in [2.05, 4.69) is 10.3 Å². The van der Waals surface area contributed by atoms with Crippen molar-refractivity contribution >= 4 is 39.6 Å².